The zero-order chi connectivity index (χ0) is 12.7. The van der Waals surface area contributed by atoms with Gasteiger partial charge in [-0.15, -0.1) is 0 Å². The van der Waals surface area contributed by atoms with Crippen molar-refractivity contribution in [3.05, 3.63) is 29.8 Å². The molecule has 0 heterocycles. The van der Waals surface area contributed by atoms with Crippen molar-refractivity contribution in [2.24, 2.45) is 0 Å². The molecule has 0 aliphatic heterocycles. The topological polar surface area (TPSA) is 64.3 Å². The molecule has 0 saturated carbocycles. The number of benzene rings is 1. The predicted octanol–water partition coefficient (Wildman–Crippen LogP) is 1.81. The Morgan fingerprint density at radius 2 is 2.06 bits per heavy atom. The van der Waals surface area contributed by atoms with Crippen LogP contribution >= 0.6 is 0 Å². The third kappa shape index (κ3) is 4.25. The van der Waals surface area contributed by atoms with E-state index >= 15 is 0 Å². The summed E-state index contributed by atoms with van der Waals surface area (Å²) in [5.74, 6) is 0.156. The Hall–Kier alpha value is -1.86. The maximum atomic E-state index is 11.9. The van der Waals surface area contributed by atoms with Crippen LogP contribution in [0.15, 0.2) is 24.3 Å². The fourth-order valence-corrected chi connectivity index (χ4v) is 1.50. The maximum Gasteiger partial charge on any atom is 0.176 e. The van der Waals surface area contributed by atoms with Gasteiger partial charge >= 0.3 is 0 Å². The second-order valence-corrected chi connectivity index (χ2v) is 3.75. The van der Waals surface area contributed by atoms with Crippen molar-refractivity contribution in [1.82, 2.24) is 4.90 Å². The Bertz CT molecular complexity index is 406. The summed E-state index contributed by atoms with van der Waals surface area (Å²) in [5.41, 5.74) is 0.582. The van der Waals surface area contributed by atoms with Crippen LogP contribution in [-0.4, -0.2) is 35.4 Å². The molecule has 1 rings (SSSR count). The number of Topliss-reactive ketones (excluding diaryl/α,β-unsaturated/α-hetero) is 1. The van der Waals surface area contributed by atoms with Crippen molar-refractivity contribution >= 4 is 5.78 Å². The lowest BCUT2D eigenvalue weighted by molar-refractivity contribution is 0.0935. The van der Waals surface area contributed by atoms with Crippen LogP contribution in [0.25, 0.3) is 0 Å². The highest BCUT2D eigenvalue weighted by molar-refractivity contribution is 5.97. The number of nitrogens with zero attached hydrogens (tertiary/aromatic N) is 2. The molecule has 0 aliphatic carbocycles. The molecule has 0 spiro atoms. The quantitative estimate of drug-likeness (QED) is 0.760. The zero-order valence-corrected chi connectivity index (χ0v) is 9.89. The predicted molar refractivity (Wildman–Crippen MR) is 64.8 cm³/mol. The van der Waals surface area contributed by atoms with Crippen LogP contribution in [0.5, 0.6) is 5.75 Å². The molecule has 0 amide bonds. The van der Waals surface area contributed by atoms with E-state index in [1.807, 2.05) is 11.8 Å². The van der Waals surface area contributed by atoms with Gasteiger partial charge in [0.2, 0.25) is 0 Å². The van der Waals surface area contributed by atoms with Crippen molar-refractivity contribution < 1.29 is 9.90 Å². The number of phenolic OH excluding ortho intramolecular Hbond substituents is 1. The summed E-state index contributed by atoms with van der Waals surface area (Å²) >= 11 is 0. The first-order valence-electron chi connectivity index (χ1n) is 5.59. The number of rotatable bonds is 6. The number of likely N-dealkylation sites (N-methyl/N-ethyl adjacent to an activating group) is 1. The molecule has 0 aromatic heterocycles. The largest absolute Gasteiger partial charge is 0.508 e. The van der Waals surface area contributed by atoms with Crippen LogP contribution in [0.1, 0.15) is 23.7 Å². The van der Waals surface area contributed by atoms with Crippen LogP contribution in [0.2, 0.25) is 0 Å². The fraction of sp³-hybridized carbons (Fsp3) is 0.385. The minimum absolute atomic E-state index is 0.00443. The van der Waals surface area contributed by atoms with Gasteiger partial charge in [-0.05, 0) is 30.8 Å². The zero-order valence-electron chi connectivity index (χ0n) is 9.89. The average molecular weight is 232 g/mol. The van der Waals surface area contributed by atoms with Crippen molar-refractivity contribution in [2.45, 2.75) is 13.3 Å². The van der Waals surface area contributed by atoms with Gasteiger partial charge < -0.3 is 5.11 Å². The summed E-state index contributed by atoms with van der Waals surface area (Å²) in [6.45, 7) is 3.62. The Kier molecular flexibility index (Phi) is 5.18. The first-order chi connectivity index (χ1) is 8.17. The standard InChI is InChI=1S/C13H16N2O2/c1-2-15(9-3-8-14)10-13(17)11-4-6-12(16)7-5-11/h4-7,16H,2-3,9-10H2,1H3. The van der Waals surface area contributed by atoms with E-state index in [9.17, 15) is 4.79 Å². The molecule has 17 heavy (non-hydrogen) atoms. The molecule has 0 radical (unpaired) electrons. The van der Waals surface area contributed by atoms with E-state index in [0.717, 1.165) is 6.54 Å². The lowest BCUT2D eigenvalue weighted by Gasteiger charge is -2.17. The van der Waals surface area contributed by atoms with Gasteiger partial charge in [0, 0.05) is 18.5 Å². The number of nitriles is 1. The first-order valence-corrected chi connectivity index (χ1v) is 5.59. The number of hydrogen-bond acceptors (Lipinski definition) is 4. The van der Waals surface area contributed by atoms with E-state index in [0.29, 0.717) is 25.1 Å². The van der Waals surface area contributed by atoms with E-state index in [1.165, 1.54) is 12.1 Å². The summed E-state index contributed by atoms with van der Waals surface area (Å²) in [5, 5.41) is 17.6. The van der Waals surface area contributed by atoms with E-state index < -0.39 is 0 Å². The molecule has 0 unspecified atom stereocenters. The highest BCUT2D eigenvalue weighted by Gasteiger charge is 2.10. The van der Waals surface area contributed by atoms with E-state index in [-0.39, 0.29) is 11.5 Å². The average Bonchev–Trinajstić information content (AvgIpc) is 2.35. The molecule has 1 aromatic rings. The summed E-state index contributed by atoms with van der Waals surface area (Å²) < 4.78 is 0. The number of aromatic hydroxyl groups is 1. The van der Waals surface area contributed by atoms with Gasteiger partial charge in [-0.3, -0.25) is 9.69 Å². The number of ketones is 1. The van der Waals surface area contributed by atoms with Crippen LogP contribution < -0.4 is 0 Å². The number of hydrogen-bond donors (Lipinski definition) is 1. The normalized spacial score (nSPS) is 10.2. The van der Waals surface area contributed by atoms with Crippen molar-refractivity contribution in [2.75, 3.05) is 19.6 Å². The molecule has 0 atom stereocenters. The van der Waals surface area contributed by atoms with Gasteiger partial charge in [0.05, 0.1) is 12.6 Å². The molecule has 0 aliphatic rings. The smallest absolute Gasteiger partial charge is 0.176 e. The Labute approximate surface area is 101 Å². The molecule has 0 bridgehead atoms. The number of carbonyl (C=O) groups excluding carboxylic acids is 1. The van der Waals surface area contributed by atoms with Gasteiger partial charge in [0.1, 0.15) is 5.75 Å². The Morgan fingerprint density at radius 1 is 1.41 bits per heavy atom. The van der Waals surface area contributed by atoms with Gasteiger partial charge in [-0.25, -0.2) is 0 Å². The minimum Gasteiger partial charge on any atom is -0.508 e. The molecule has 90 valence electrons. The van der Waals surface area contributed by atoms with Crippen molar-refractivity contribution in [1.29, 1.82) is 5.26 Å². The van der Waals surface area contributed by atoms with Crippen LogP contribution in [0.3, 0.4) is 0 Å². The summed E-state index contributed by atoms with van der Waals surface area (Å²) in [6.07, 6.45) is 0.427. The van der Waals surface area contributed by atoms with Crippen molar-refractivity contribution in [3.63, 3.8) is 0 Å². The van der Waals surface area contributed by atoms with E-state index in [4.69, 9.17) is 10.4 Å². The molecule has 1 aromatic carbocycles. The van der Waals surface area contributed by atoms with Crippen LogP contribution in [0.4, 0.5) is 0 Å². The van der Waals surface area contributed by atoms with Crippen LogP contribution in [0, 0.1) is 11.3 Å². The SMILES string of the molecule is CCN(CCC#N)CC(=O)c1ccc(O)cc1. The molecule has 4 heteroatoms. The van der Waals surface area contributed by atoms with Gasteiger partial charge in [-0.2, -0.15) is 5.26 Å². The van der Waals surface area contributed by atoms with Crippen molar-refractivity contribution in [3.8, 4) is 11.8 Å². The van der Waals surface area contributed by atoms with Gasteiger partial charge in [0.25, 0.3) is 0 Å². The fourth-order valence-electron chi connectivity index (χ4n) is 1.50. The summed E-state index contributed by atoms with van der Waals surface area (Å²) in [4.78, 5) is 13.8. The second kappa shape index (κ2) is 6.66. The first kappa shape index (κ1) is 13.2. The Balaban J connectivity index is 2.58. The molecule has 1 N–H and O–H groups in total. The Morgan fingerprint density at radius 3 is 2.59 bits per heavy atom. The number of carbonyl (C=O) groups is 1. The highest BCUT2D eigenvalue weighted by atomic mass is 16.3. The molecular weight excluding hydrogens is 216 g/mol. The second-order valence-electron chi connectivity index (χ2n) is 3.75. The third-order valence-corrected chi connectivity index (χ3v) is 2.54. The minimum atomic E-state index is 0.00443. The monoisotopic (exact) mass is 232 g/mol. The summed E-state index contributed by atoms with van der Waals surface area (Å²) in [6, 6.07) is 8.28. The number of phenols is 1. The molecule has 4 nitrogen and oxygen atoms in total. The third-order valence-electron chi connectivity index (χ3n) is 2.54. The summed E-state index contributed by atoms with van der Waals surface area (Å²) in [7, 11) is 0. The lowest BCUT2D eigenvalue weighted by Crippen LogP contribution is -2.30. The maximum absolute atomic E-state index is 11.9. The van der Waals surface area contributed by atoms with E-state index in [2.05, 4.69) is 6.07 Å². The van der Waals surface area contributed by atoms with Gasteiger partial charge in [-0.1, -0.05) is 6.92 Å². The highest BCUT2D eigenvalue weighted by Crippen LogP contribution is 2.10. The van der Waals surface area contributed by atoms with E-state index in [1.54, 1.807) is 12.1 Å². The lowest BCUT2D eigenvalue weighted by atomic mass is 10.1. The molecule has 0 fully saturated rings. The molecule has 0 saturated heterocycles. The van der Waals surface area contributed by atoms with Gasteiger partial charge in [0.15, 0.2) is 5.78 Å². The van der Waals surface area contributed by atoms with Crippen LogP contribution in [-0.2, 0) is 0 Å². The molecular formula is C13H16N2O2.